The number of hydrogen-bond acceptors (Lipinski definition) is 4. The number of carbonyl (C=O) groups excluding carboxylic acids is 1. The summed E-state index contributed by atoms with van der Waals surface area (Å²) in [5.74, 6) is -0.605. The quantitative estimate of drug-likeness (QED) is 0.564. The molecule has 0 radical (unpaired) electrons. The van der Waals surface area contributed by atoms with Crippen LogP contribution in [0.4, 0.5) is 4.39 Å². The SMILES string of the molecule is C[C@H]1CC[C@H](c2ccccc2)S(=O)(=O)N1Cc1ccc(C2(C(=O)NCC(C)(C)C)CCOCC2)cc1F. The summed E-state index contributed by atoms with van der Waals surface area (Å²) in [6.07, 6.45) is 2.19. The zero-order chi connectivity index (χ0) is 26.8. The lowest BCUT2D eigenvalue weighted by molar-refractivity contribution is -0.130. The molecule has 2 aliphatic rings. The molecule has 1 amide bonds. The number of carbonyl (C=O) groups is 1. The van der Waals surface area contributed by atoms with Crippen LogP contribution in [0.3, 0.4) is 0 Å². The van der Waals surface area contributed by atoms with E-state index in [9.17, 15) is 13.2 Å². The van der Waals surface area contributed by atoms with E-state index in [-0.39, 0.29) is 23.9 Å². The van der Waals surface area contributed by atoms with Crippen molar-refractivity contribution in [2.45, 2.75) is 76.6 Å². The monoisotopic (exact) mass is 530 g/mol. The third-order valence-electron chi connectivity index (χ3n) is 7.69. The maximum atomic E-state index is 15.6. The van der Waals surface area contributed by atoms with Gasteiger partial charge in [-0.1, -0.05) is 63.2 Å². The Kier molecular flexibility index (Phi) is 8.12. The summed E-state index contributed by atoms with van der Waals surface area (Å²) in [7, 11) is -3.67. The second-order valence-electron chi connectivity index (χ2n) is 11.7. The number of amides is 1. The fourth-order valence-electron chi connectivity index (χ4n) is 5.37. The highest BCUT2D eigenvalue weighted by Gasteiger charge is 2.43. The largest absolute Gasteiger partial charge is 0.381 e. The number of nitrogens with one attached hydrogen (secondary N) is 1. The molecule has 2 atom stereocenters. The van der Waals surface area contributed by atoms with E-state index in [0.29, 0.717) is 56.6 Å². The van der Waals surface area contributed by atoms with Gasteiger partial charge in [-0.25, -0.2) is 12.8 Å². The zero-order valence-electron chi connectivity index (χ0n) is 22.3. The molecule has 202 valence electrons. The molecule has 2 fully saturated rings. The highest BCUT2D eigenvalue weighted by atomic mass is 32.2. The summed E-state index contributed by atoms with van der Waals surface area (Å²) in [6.45, 7) is 9.37. The zero-order valence-corrected chi connectivity index (χ0v) is 23.1. The van der Waals surface area contributed by atoms with Crippen molar-refractivity contribution in [2.75, 3.05) is 19.8 Å². The molecule has 2 aliphatic heterocycles. The molecule has 0 unspecified atom stereocenters. The fourth-order valence-corrected chi connectivity index (χ4v) is 7.56. The van der Waals surface area contributed by atoms with Crippen LogP contribution in [-0.2, 0) is 31.5 Å². The summed E-state index contributed by atoms with van der Waals surface area (Å²) in [4.78, 5) is 13.4. The molecule has 2 heterocycles. The lowest BCUT2D eigenvalue weighted by atomic mass is 9.73. The molecule has 0 aromatic heterocycles. The van der Waals surface area contributed by atoms with Gasteiger partial charge in [-0.2, -0.15) is 4.31 Å². The van der Waals surface area contributed by atoms with Crippen LogP contribution < -0.4 is 5.32 Å². The first-order chi connectivity index (χ1) is 17.4. The molecule has 1 N–H and O–H groups in total. The third kappa shape index (κ3) is 5.91. The van der Waals surface area contributed by atoms with Gasteiger partial charge in [0.2, 0.25) is 15.9 Å². The predicted molar refractivity (Wildman–Crippen MR) is 143 cm³/mol. The van der Waals surface area contributed by atoms with Gasteiger partial charge in [-0.05, 0) is 55.2 Å². The first-order valence-corrected chi connectivity index (χ1v) is 14.6. The normalized spacial score (nSPS) is 23.9. The summed E-state index contributed by atoms with van der Waals surface area (Å²) in [6, 6.07) is 13.9. The van der Waals surface area contributed by atoms with Gasteiger partial charge in [0.25, 0.3) is 0 Å². The van der Waals surface area contributed by atoms with Crippen molar-refractivity contribution in [2.24, 2.45) is 5.41 Å². The van der Waals surface area contributed by atoms with Crippen LogP contribution in [0.15, 0.2) is 48.5 Å². The summed E-state index contributed by atoms with van der Waals surface area (Å²) in [5.41, 5.74) is 0.736. The topological polar surface area (TPSA) is 75.7 Å². The number of rotatable bonds is 6. The summed E-state index contributed by atoms with van der Waals surface area (Å²) in [5, 5.41) is 2.43. The van der Waals surface area contributed by atoms with Crippen LogP contribution in [0.5, 0.6) is 0 Å². The molecule has 0 bridgehead atoms. The van der Waals surface area contributed by atoms with Gasteiger partial charge in [0, 0.05) is 37.9 Å². The van der Waals surface area contributed by atoms with Gasteiger partial charge in [0.05, 0.1) is 5.41 Å². The molecule has 2 aromatic rings. The Bertz CT molecular complexity index is 1200. The molecule has 37 heavy (non-hydrogen) atoms. The predicted octanol–water partition coefficient (Wildman–Crippen LogP) is 5.09. The molecular formula is C29H39FN2O4S. The molecule has 0 aliphatic carbocycles. The summed E-state index contributed by atoms with van der Waals surface area (Å²) < 4.78 is 49.7. The first kappa shape index (κ1) is 27.7. The fraction of sp³-hybridized carbons (Fsp3) is 0.552. The third-order valence-corrected chi connectivity index (χ3v) is 10.1. The summed E-state index contributed by atoms with van der Waals surface area (Å²) >= 11 is 0. The Morgan fingerprint density at radius 3 is 2.41 bits per heavy atom. The maximum absolute atomic E-state index is 15.6. The number of sulfonamides is 1. The van der Waals surface area contributed by atoms with Crippen molar-refractivity contribution >= 4 is 15.9 Å². The second-order valence-corrected chi connectivity index (χ2v) is 13.7. The van der Waals surface area contributed by atoms with Crippen LogP contribution in [0.1, 0.15) is 75.3 Å². The van der Waals surface area contributed by atoms with E-state index in [1.807, 2.05) is 37.3 Å². The van der Waals surface area contributed by atoms with Crippen LogP contribution >= 0.6 is 0 Å². The Labute approximate surface area is 220 Å². The van der Waals surface area contributed by atoms with Gasteiger partial charge in [0.15, 0.2) is 0 Å². The molecular weight excluding hydrogens is 491 g/mol. The van der Waals surface area contributed by atoms with E-state index in [4.69, 9.17) is 4.74 Å². The second kappa shape index (κ2) is 10.8. The van der Waals surface area contributed by atoms with Gasteiger partial charge in [-0.15, -0.1) is 0 Å². The van der Waals surface area contributed by atoms with Gasteiger partial charge in [-0.3, -0.25) is 4.79 Å². The van der Waals surface area contributed by atoms with Crippen molar-refractivity contribution in [1.82, 2.24) is 9.62 Å². The standard InChI is InChI=1S/C29H39FN2O4S/c1-21-10-13-26(22-8-6-5-7-9-22)37(34,35)32(21)19-23-11-12-24(18-25(23)30)29(14-16-36-17-15-29)27(33)31-20-28(2,3)4/h5-9,11-12,18,21,26H,10,13-17,19-20H2,1-4H3,(H,31,33)/t21-,26+/m0/s1. The van der Waals surface area contributed by atoms with Crippen molar-refractivity contribution in [3.05, 3.63) is 71.0 Å². The minimum Gasteiger partial charge on any atom is -0.381 e. The highest BCUT2D eigenvalue weighted by molar-refractivity contribution is 7.89. The Balaban J connectivity index is 1.60. The van der Waals surface area contributed by atoms with Crippen LogP contribution in [-0.4, -0.2) is 44.4 Å². The molecule has 6 nitrogen and oxygen atoms in total. The van der Waals surface area contributed by atoms with Crippen LogP contribution in [0, 0.1) is 11.2 Å². The average Bonchev–Trinajstić information content (AvgIpc) is 2.86. The number of halogens is 1. The lowest BCUT2D eigenvalue weighted by Crippen LogP contribution is -2.49. The van der Waals surface area contributed by atoms with E-state index < -0.39 is 26.5 Å². The lowest BCUT2D eigenvalue weighted by Gasteiger charge is -2.38. The molecule has 0 saturated carbocycles. The van der Waals surface area contributed by atoms with E-state index >= 15 is 4.39 Å². The molecule has 2 aromatic carbocycles. The molecule has 0 spiro atoms. The Hall–Kier alpha value is -2.29. The van der Waals surface area contributed by atoms with E-state index in [1.165, 1.54) is 10.4 Å². The van der Waals surface area contributed by atoms with E-state index in [2.05, 4.69) is 26.1 Å². The van der Waals surface area contributed by atoms with E-state index in [1.54, 1.807) is 12.1 Å². The average molecular weight is 531 g/mol. The van der Waals surface area contributed by atoms with Crippen molar-refractivity contribution in [3.63, 3.8) is 0 Å². The maximum Gasteiger partial charge on any atom is 0.230 e. The minimum absolute atomic E-state index is 0.0364. The molecule has 8 heteroatoms. The Morgan fingerprint density at radius 2 is 1.78 bits per heavy atom. The number of hydrogen-bond donors (Lipinski definition) is 1. The first-order valence-electron chi connectivity index (χ1n) is 13.1. The van der Waals surface area contributed by atoms with Crippen molar-refractivity contribution in [3.8, 4) is 0 Å². The number of nitrogens with zero attached hydrogens (tertiary/aromatic N) is 1. The molecule has 4 rings (SSSR count). The van der Waals surface area contributed by atoms with Crippen molar-refractivity contribution < 1.29 is 22.3 Å². The Morgan fingerprint density at radius 1 is 1.11 bits per heavy atom. The van der Waals surface area contributed by atoms with Gasteiger partial charge >= 0.3 is 0 Å². The van der Waals surface area contributed by atoms with E-state index in [0.717, 1.165) is 5.56 Å². The molecule has 2 saturated heterocycles. The van der Waals surface area contributed by atoms with Crippen LogP contribution in [0.25, 0.3) is 0 Å². The van der Waals surface area contributed by atoms with Gasteiger partial charge in [0.1, 0.15) is 11.1 Å². The smallest absolute Gasteiger partial charge is 0.230 e. The number of benzene rings is 2. The minimum atomic E-state index is -3.67. The highest BCUT2D eigenvalue weighted by Crippen LogP contribution is 2.39. The van der Waals surface area contributed by atoms with Crippen LogP contribution in [0.2, 0.25) is 0 Å². The van der Waals surface area contributed by atoms with Gasteiger partial charge < -0.3 is 10.1 Å². The number of ether oxygens (including phenoxy) is 1. The van der Waals surface area contributed by atoms with Crippen molar-refractivity contribution in [1.29, 1.82) is 0 Å².